The second kappa shape index (κ2) is 9.65. The summed E-state index contributed by atoms with van der Waals surface area (Å²) in [4.78, 5) is 12.5. The van der Waals surface area contributed by atoms with Gasteiger partial charge in [0.05, 0.1) is 17.1 Å². The van der Waals surface area contributed by atoms with Gasteiger partial charge in [-0.15, -0.1) is 0 Å². The van der Waals surface area contributed by atoms with E-state index in [0.717, 1.165) is 11.3 Å². The Bertz CT molecular complexity index is 1300. The highest BCUT2D eigenvalue weighted by atomic mass is 19.1. The third-order valence-corrected chi connectivity index (χ3v) is 5.24. The van der Waals surface area contributed by atoms with Crippen molar-refractivity contribution in [3.05, 3.63) is 101 Å². The smallest absolute Gasteiger partial charge is 0.226 e. The van der Waals surface area contributed by atoms with Crippen molar-refractivity contribution < 1.29 is 18.3 Å². The zero-order valence-electron chi connectivity index (χ0n) is 18.3. The third-order valence-electron chi connectivity index (χ3n) is 5.24. The van der Waals surface area contributed by atoms with Crippen molar-refractivity contribution in [1.82, 2.24) is 9.78 Å². The Balaban J connectivity index is 1.64. The Morgan fingerprint density at radius 3 is 2.52 bits per heavy atom. The second-order valence-electron chi connectivity index (χ2n) is 7.65. The summed E-state index contributed by atoms with van der Waals surface area (Å²) in [5.74, 6) is -0.519. The predicted molar refractivity (Wildman–Crippen MR) is 123 cm³/mol. The molecule has 1 heterocycles. The van der Waals surface area contributed by atoms with Crippen molar-refractivity contribution in [2.24, 2.45) is 0 Å². The molecule has 0 fully saturated rings. The minimum absolute atomic E-state index is 0.0914. The van der Waals surface area contributed by atoms with Gasteiger partial charge >= 0.3 is 0 Å². The zero-order chi connectivity index (χ0) is 23.4. The van der Waals surface area contributed by atoms with E-state index >= 15 is 0 Å². The number of carbonyl (C=O) groups excluding carboxylic acids is 1. The molecule has 5 nitrogen and oxygen atoms in total. The van der Waals surface area contributed by atoms with Crippen LogP contribution in [-0.4, -0.2) is 15.7 Å². The van der Waals surface area contributed by atoms with Gasteiger partial charge in [0.1, 0.15) is 17.4 Å². The lowest BCUT2D eigenvalue weighted by Gasteiger charge is -2.13. The molecule has 0 bridgehead atoms. The Hall–Kier alpha value is -4.00. The van der Waals surface area contributed by atoms with E-state index in [4.69, 9.17) is 4.74 Å². The van der Waals surface area contributed by atoms with E-state index in [-0.39, 0.29) is 18.0 Å². The topological polar surface area (TPSA) is 56.2 Å². The van der Waals surface area contributed by atoms with Gasteiger partial charge in [-0.05, 0) is 56.2 Å². The molecule has 0 atom stereocenters. The van der Waals surface area contributed by atoms with E-state index in [2.05, 4.69) is 10.4 Å². The van der Waals surface area contributed by atoms with Gasteiger partial charge in [0.15, 0.2) is 0 Å². The molecular formula is C26H23F2N3O2. The largest absolute Gasteiger partial charge is 0.439 e. The summed E-state index contributed by atoms with van der Waals surface area (Å²) in [6.45, 7) is 3.79. The number of ether oxygens (including phenoxy) is 1. The van der Waals surface area contributed by atoms with Crippen LogP contribution in [0.3, 0.4) is 0 Å². The van der Waals surface area contributed by atoms with Gasteiger partial charge in [-0.1, -0.05) is 36.4 Å². The molecule has 0 radical (unpaired) electrons. The molecule has 0 spiro atoms. The summed E-state index contributed by atoms with van der Waals surface area (Å²) in [5, 5.41) is 7.24. The molecule has 0 saturated carbocycles. The van der Waals surface area contributed by atoms with Gasteiger partial charge in [0.25, 0.3) is 0 Å². The molecule has 7 heteroatoms. The maximum absolute atomic E-state index is 13.9. The molecule has 0 unspecified atom stereocenters. The van der Waals surface area contributed by atoms with E-state index in [1.807, 2.05) is 38.1 Å². The van der Waals surface area contributed by atoms with Crippen LogP contribution in [0.15, 0.2) is 72.8 Å². The maximum atomic E-state index is 13.9. The first-order valence-corrected chi connectivity index (χ1v) is 10.5. The lowest BCUT2D eigenvalue weighted by molar-refractivity contribution is -0.116. The van der Waals surface area contributed by atoms with Crippen LogP contribution in [0.4, 0.5) is 14.5 Å². The Kier molecular flexibility index (Phi) is 6.49. The highest BCUT2D eigenvalue weighted by molar-refractivity contribution is 5.91. The number of halogens is 2. The van der Waals surface area contributed by atoms with E-state index in [9.17, 15) is 13.6 Å². The number of carbonyl (C=O) groups is 1. The number of amides is 1. The van der Waals surface area contributed by atoms with Gasteiger partial charge in [-0.25, -0.2) is 8.78 Å². The molecule has 1 aromatic heterocycles. The Labute approximate surface area is 190 Å². The van der Waals surface area contributed by atoms with Gasteiger partial charge in [0.2, 0.25) is 11.8 Å². The van der Waals surface area contributed by atoms with E-state index in [0.29, 0.717) is 29.3 Å². The van der Waals surface area contributed by atoms with E-state index in [1.165, 1.54) is 24.3 Å². The number of nitrogens with zero attached hydrogens (tertiary/aromatic N) is 2. The first-order chi connectivity index (χ1) is 15.9. The van der Waals surface area contributed by atoms with Crippen LogP contribution < -0.4 is 10.1 Å². The van der Waals surface area contributed by atoms with E-state index < -0.39 is 11.6 Å². The minimum atomic E-state index is -0.496. The van der Waals surface area contributed by atoms with Crippen molar-refractivity contribution in [1.29, 1.82) is 0 Å². The van der Waals surface area contributed by atoms with Crippen molar-refractivity contribution in [2.75, 3.05) is 5.32 Å². The molecule has 0 aliphatic heterocycles. The molecule has 4 aromatic rings. The molecule has 1 N–H and O–H groups in total. The molecule has 0 saturated heterocycles. The number of aryl methyl sites for hydroxylation is 2. The van der Waals surface area contributed by atoms with Crippen LogP contribution in [0.1, 0.15) is 23.2 Å². The number of hydrogen-bond donors (Lipinski definition) is 1. The van der Waals surface area contributed by atoms with Crippen molar-refractivity contribution in [2.45, 2.75) is 26.7 Å². The summed E-state index contributed by atoms with van der Waals surface area (Å²) in [5.41, 5.74) is 3.32. The molecular weight excluding hydrogens is 424 g/mol. The number of aromatic nitrogens is 2. The summed E-state index contributed by atoms with van der Waals surface area (Å²) in [6.07, 6.45) is 0.400. The van der Waals surface area contributed by atoms with Crippen LogP contribution in [0, 0.1) is 25.5 Å². The molecule has 0 aliphatic rings. The number of nitrogens with one attached hydrogen (secondary N) is 1. The molecule has 0 aliphatic carbocycles. The standard InChI is InChI=1S/C26H23F2N3O2/c1-17-8-3-6-13-24(17)31-26(33-20-10-7-9-19(27)16-20)21(18(2)30-31)14-15-25(32)29-23-12-5-4-11-22(23)28/h3-13,16H,14-15H2,1-2H3,(H,29,32). The second-order valence-corrected chi connectivity index (χ2v) is 7.65. The van der Waals surface area contributed by atoms with Gasteiger partial charge < -0.3 is 10.1 Å². The summed E-state index contributed by atoms with van der Waals surface area (Å²) < 4.78 is 35.4. The van der Waals surface area contributed by atoms with Crippen LogP contribution in [-0.2, 0) is 11.2 Å². The minimum Gasteiger partial charge on any atom is -0.439 e. The Morgan fingerprint density at radius 1 is 1.00 bits per heavy atom. The van der Waals surface area contributed by atoms with E-state index in [1.54, 1.807) is 28.9 Å². The first-order valence-electron chi connectivity index (χ1n) is 10.5. The van der Waals surface area contributed by atoms with Crippen molar-refractivity contribution >= 4 is 11.6 Å². The van der Waals surface area contributed by atoms with Gasteiger partial charge in [-0.3, -0.25) is 4.79 Å². The van der Waals surface area contributed by atoms with Crippen molar-refractivity contribution in [3.63, 3.8) is 0 Å². The van der Waals surface area contributed by atoms with Crippen LogP contribution >= 0.6 is 0 Å². The first kappa shape index (κ1) is 22.2. The number of rotatable bonds is 7. The molecule has 3 aromatic carbocycles. The van der Waals surface area contributed by atoms with Gasteiger partial charge in [-0.2, -0.15) is 9.78 Å². The average molecular weight is 447 g/mol. The fraction of sp³-hybridized carbons (Fsp3) is 0.154. The fourth-order valence-electron chi connectivity index (χ4n) is 3.55. The lowest BCUT2D eigenvalue weighted by atomic mass is 10.1. The lowest BCUT2D eigenvalue weighted by Crippen LogP contribution is -2.13. The molecule has 4 rings (SSSR count). The predicted octanol–water partition coefficient (Wildman–Crippen LogP) is 6.13. The number of anilines is 1. The molecule has 1 amide bonds. The zero-order valence-corrected chi connectivity index (χ0v) is 18.3. The highest BCUT2D eigenvalue weighted by Gasteiger charge is 2.21. The van der Waals surface area contributed by atoms with Gasteiger partial charge in [0, 0.05) is 18.1 Å². The van der Waals surface area contributed by atoms with Crippen LogP contribution in [0.5, 0.6) is 11.6 Å². The normalized spacial score (nSPS) is 10.8. The quantitative estimate of drug-likeness (QED) is 0.371. The number of benzene rings is 3. The van der Waals surface area contributed by atoms with Crippen molar-refractivity contribution in [3.8, 4) is 17.3 Å². The van der Waals surface area contributed by atoms with Crippen LogP contribution in [0.25, 0.3) is 5.69 Å². The molecule has 33 heavy (non-hydrogen) atoms. The summed E-state index contributed by atoms with van der Waals surface area (Å²) in [7, 11) is 0. The maximum Gasteiger partial charge on any atom is 0.226 e. The average Bonchev–Trinajstić information content (AvgIpc) is 3.09. The third kappa shape index (κ3) is 5.09. The number of para-hydroxylation sites is 2. The monoisotopic (exact) mass is 447 g/mol. The SMILES string of the molecule is Cc1ccccc1-n1nc(C)c(CCC(=O)Nc2ccccc2F)c1Oc1cccc(F)c1. The Morgan fingerprint density at radius 2 is 1.76 bits per heavy atom. The fourth-order valence-corrected chi connectivity index (χ4v) is 3.55. The number of hydrogen-bond acceptors (Lipinski definition) is 3. The summed E-state index contributed by atoms with van der Waals surface area (Å²) in [6, 6.07) is 19.5. The molecule has 168 valence electrons. The summed E-state index contributed by atoms with van der Waals surface area (Å²) >= 11 is 0. The highest BCUT2D eigenvalue weighted by Crippen LogP contribution is 2.32. The van der Waals surface area contributed by atoms with Crippen LogP contribution in [0.2, 0.25) is 0 Å².